The van der Waals surface area contributed by atoms with E-state index in [-0.39, 0.29) is 23.3 Å². The highest BCUT2D eigenvalue weighted by Crippen LogP contribution is 2.10. The molecule has 1 amide bonds. The number of H-pyrrole nitrogens is 1. The predicted molar refractivity (Wildman–Crippen MR) is 56.2 cm³/mol. The third-order valence-electron chi connectivity index (χ3n) is 2.42. The van der Waals surface area contributed by atoms with Gasteiger partial charge in [-0.2, -0.15) is 0 Å². The van der Waals surface area contributed by atoms with E-state index in [1.54, 1.807) is 0 Å². The van der Waals surface area contributed by atoms with E-state index < -0.39 is 0 Å². The summed E-state index contributed by atoms with van der Waals surface area (Å²) in [7, 11) is 0. The van der Waals surface area contributed by atoms with E-state index in [4.69, 9.17) is 4.74 Å². The molecular formula is C10H13N3O3. The zero-order valence-electron chi connectivity index (χ0n) is 8.73. The van der Waals surface area contributed by atoms with Gasteiger partial charge in [-0.1, -0.05) is 0 Å². The fourth-order valence-corrected chi connectivity index (χ4v) is 1.57. The maximum Gasteiger partial charge on any atom is 0.271 e. The highest BCUT2D eigenvalue weighted by molar-refractivity contribution is 5.91. The van der Waals surface area contributed by atoms with Crippen LogP contribution in [0.2, 0.25) is 0 Å². The Morgan fingerprint density at radius 3 is 3.19 bits per heavy atom. The van der Waals surface area contributed by atoms with Crippen molar-refractivity contribution >= 4 is 5.91 Å². The fourth-order valence-electron chi connectivity index (χ4n) is 1.57. The second kappa shape index (κ2) is 4.89. The van der Waals surface area contributed by atoms with Gasteiger partial charge in [-0.15, -0.1) is 0 Å². The first-order chi connectivity index (χ1) is 7.75. The third kappa shape index (κ3) is 2.66. The summed E-state index contributed by atoms with van der Waals surface area (Å²) in [5, 5.41) is 2.71. The number of carbonyl (C=O) groups is 1. The van der Waals surface area contributed by atoms with Crippen molar-refractivity contribution in [1.82, 2.24) is 15.3 Å². The molecular weight excluding hydrogens is 210 g/mol. The Morgan fingerprint density at radius 1 is 1.69 bits per heavy atom. The van der Waals surface area contributed by atoms with Crippen LogP contribution in [0, 0.1) is 0 Å². The first-order valence-electron chi connectivity index (χ1n) is 5.20. The molecule has 0 saturated carbocycles. The standard InChI is InChI=1S/C10H13N3O3/c14-9-6-11-8(5-12-9)10(15)13-4-7-2-1-3-16-7/h5-7H,1-4H2,(H,12,14)(H,13,15). The van der Waals surface area contributed by atoms with Crippen molar-refractivity contribution in [2.24, 2.45) is 0 Å². The number of aromatic nitrogens is 2. The maximum atomic E-state index is 11.6. The van der Waals surface area contributed by atoms with Crippen LogP contribution in [0.4, 0.5) is 0 Å². The molecule has 2 rings (SSSR count). The molecule has 2 N–H and O–H groups in total. The normalized spacial score (nSPS) is 19.6. The molecule has 0 spiro atoms. The molecule has 16 heavy (non-hydrogen) atoms. The lowest BCUT2D eigenvalue weighted by molar-refractivity contribution is 0.0853. The Kier molecular flexibility index (Phi) is 3.31. The summed E-state index contributed by atoms with van der Waals surface area (Å²) in [6.07, 6.45) is 4.50. The lowest BCUT2D eigenvalue weighted by Gasteiger charge is -2.09. The Balaban J connectivity index is 1.87. The minimum absolute atomic E-state index is 0.103. The quantitative estimate of drug-likeness (QED) is 0.735. The summed E-state index contributed by atoms with van der Waals surface area (Å²) in [5.41, 5.74) is -0.117. The van der Waals surface area contributed by atoms with Gasteiger partial charge in [0.05, 0.1) is 12.3 Å². The number of amides is 1. The smallest absolute Gasteiger partial charge is 0.271 e. The zero-order chi connectivity index (χ0) is 11.4. The van der Waals surface area contributed by atoms with Crippen molar-refractivity contribution in [3.63, 3.8) is 0 Å². The Labute approximate surface area is 92.0 Å². The van der Waals surface area contributed by atoms with Crippen molar-refractivity contribution in [1.29, 1.82) is 0 Å². The van der Waals surface area contributed by atoms with Crippen LogP contribution in [-0.4, -0.2) is 35.1 Å². The molecule has 0 bridgehead atoms. The number of nitrogens with zero attached hydrogens (tertiary/aromatic N) is 1. The second-order valence-corrected chi connectivity index (χ2v) is 3.64. The first-order valence-corrected chi connectivity index (χ1v) is 5.20. The van der Waals surface area contributed by atoms with Gasteiger partial charge in [0, 0.05) is 19.3 Å². The Hall–Kier alpha value is -1.69. The van der Waals surface area contributed by atoms with Crippen LogP contribution in [0.25, 0.3) is 0 Å². The van der Waals surface area contributed by atoms with E-state index in [1.807, 2.05) is 0 Å². The Morgan fingerprint density at radius 2 is 2.56 bits per heavy atom. The SMILES string of the molecule is O=C(NCC1CCCO1)c1c[nH]c(=O)cn1. The van der Waals surface area contributed by atoms with Gasteiger partial charge < -0.3 is 15.0 Å². The molecule has 0 aromatic carbocycles. The van der Waals surface area contributed by atoms with Gasteiger partial charge in [-0.3, -0.25) is 9.59 Å². The van der Waals surface area contributed by atoms with Crippen LogP contribution in [0.3, 0.4) is 0 Å². The molecule has 1 saturated heterocycles. The lowest BCUT2D eigenvalue weighted by Crippen LogP contribution is -2.32. The van der Waals surface area contributed by atoms with Gasteiger partial charge in [-0.25, -0.2) is 4.98 Å². The number of hydrogen-bond donors (Lipinski definition) is 2. The van der Waals surface area contributed by atoms with E-state index in [1.165, 1.54) is 6.20 Å². The van der Waals surface area contributed by atoms with Crippen LogP contribution < -0.4 is 10.9 Å². The van der Waals surface area contributed by atoms with E-state index in [0.717, 1.165) is 25.6 Å². The lowest BCUT2D eigenvalue weighted by atomic mass is 10.2. The van der Waals surface area contributed by atoms with E-state index >= 15 is 0 Å². The predicted octanol–water partition coefficient (Wildman–Crippen LogP) is -0.321. The number of carbonyl (C=O) groups excluding carboxylic acids is 1. The molecule has 1 fully saturated rings. The molecule has 1 aromatic rings. The van der Waals surface area contributed by atoms with Crippen LogP contribution >= 0.6 is 0 Å². The van der Waals surface area contributed by atoms with Crippen molar-refractivity contribution in [3.05, 3.63) is 28.4 Å². The van der Waals surface area contributed by atoms with E-state index in [9.17, 15) is 9.59 Å². The van der Waals surface area contributed by atoms with Gasteiger partial charge in [0.25, 0.3) is 11.5 Å². The largest absolute Gasteiger partial charge is 0.376 e. The summed E-state index contributed by atoms with van der Waals surface area (Å²) in [6.45, 7) is 1.25. The number of rotatable bonds is 3. The van der Waals surface area contributed by atoms with Crippen molar-refractivity contribution in [2.45, 2.75) is 18.9 Å². The number of ether oxygens (including phenoxy) is 1. The van der Waals surface area contributed by atoms with Gasteiger partial charge >= 0.3 is 0 Å². The van der Waals surface area contributed by atoms with Crippen molar-refractivity contribution in [2.75, 3.05) is 13.2 Å². The van der Waals surface area contributed by atoms with Crippen molar-refractivity contribution < 1.29 is 9.53 Å². The molecule has 1 unspecified atom stereocenters. The molecule has 6 heteroatoms. The molecule has 86 valence electrons. The second-order valence-electron chi connectivity index (χ2n) is 3.64. The average molecular weight is 223 g/mol. The van der Waals surface area contributed by atoms with E-state index in [2.05, 4.69) is 15.3 Å². The summed E-state index contributed by atoms with van der Waals surface area (Å²) >= 11 is 0. The third-order valence-corrected chi connectivity index (χ3v) is 2.42. The molecule has 1 aliphatic rings. The van der Waals surface area contributed by atoms with E-state index in [0.29, 0.717) is 6.54 Å². The fraction of sp³-hybridized carbons (Fsp3) is 0.500. The maximum absolute atomic E-state index is 11.6. The minimum atomic E-state index is -0.323. The summed E-state index contributed by atoms with van der Waals surface area (Å²) in [4.78, 5) is 28.4. The summed E-state index contributed by atoms with van der Waals surface area (Å²) in [5.74, 6) is -0.299. The molecule has 2 heterocycles. The van der Waals surface area contributed by atoms with Gasteiger partial charge in [-0.05, 0) is 12.8 Å². The zero-order valence-corrected chi connectivity index (χ0v) is 8.73. The molecule has 0 aliphatic carbocycles. The van der Waals surface area contributed by atoms with Crippen LogP contribution in [-0.2, 0) is 4.74 Å². The molecule has 1 aliphatic heterocycles. The minimum Gasteiger partial charge on any atom is -0.376 e. The average Bonchev–Trinajstić information content (AvgIpc) is 2.80. The number of nitrogens with one attached hydrogen (secondary N) is 2. The van der Waals surface area contributed by atoms with Gasteiger partial charge in [0.1, 0.15) is 5.69 Å². The van der Waals surface area contributed by atoms with Crippen LogP contribution in [0.5, 0.6) is 0 Å². The van der Waals surface area contributed by atoms with Gasteiger partial charge in [0.2, 0.25) is 0 Å². The highest BCUT2D eigenvalue weighted by atomic mass is 16.5. The molecule has 0 radical (unpaired) electrons. The first kappa shape index (κ1) is 10.8. The topological polar surface area (TPSA) is 84.1 Å². The number of hydrogen-bond acceptors (Lipinski definition) is 4. The van der Waals surface area contributed by atoms with Crippen LogP contribution in [0.1, 0.15) is 23.3 Å². The Bertz CT molecular complexity index is 403. The monoisotopic (exact) mass is 223 g/mol. The molecule has 6 nitrogen and oxygen atoms in total. The number of aromatic amines is 1. The van der Waals surface area contributed by atoms with Crippen molar-refractivity contribution in [3.8, 4) is 0 Å². The summed E-state index contributed by atoms with van der Waals surface area (Å²) < 4.78 is 5.37. The van der Waals surface area contributed by atoms with Crippen LogP contribution in [0.15, 0.2) is 17.2 Å². The summed E-state index contributed by atoms with van der Waals surface area (Å²) in [6, 6.07) is 0. The van der Waals surface area contributed by atoms with Gasteiger partial charge in [0.15, 0.2) is 0 Å². The molecule has 1 atom stereocenters. The molecule has 1 aromatic heterocycles. The highest BCUT2D eigenvalue weighted by Gasteiger charge is 2.16.